The van der Waals surface area contributed by atoms with Crippen molar-refractivity contribution in [1.29, 1.82) is 0 Å². The third-order valence-corrected chi connectivity index (χ3v) is 4.42. The molecule has 0 bridgehead atoms. The fraction of sp³-hybridized carbons (Fsp3) is 0.286. The highest BCUT2D eigenvalue weighted by molar-refractivity contribution is 8.15. The number of nitrogens with one attached hydrogen (secondary N) is 1. The third kappa shape index (κ3) is 3.45. The lowest BCUT2D eigenvalue weighted by Gasteiger charge is -2.09. The molecule has 0 radical (unpaired) electrons. The third-order valence-electron chi connectivity index (χ3n) is 3.10. The first-order chi connectivity index (χ1) is 10.4. The molecule has 2 amide bonds. The fourth-order valence-corrected chi connectivity index (χ4v) is 3.11. The second kappa shape index (κ2) is 6.61. The normalized spacial score (nSPS) is 19.5. The molecule has 7 nitrogen and oxygen atoms in total. The molecule has 116 valence electrons. The van der Waals surface area contributed by atoms with Gasteiger partial charge < -0.3 is 10.4 Å². The van der Waals surface area contributed by atoms with E-state index in [9.17, 15) is 14.4 Å². The lowest BCUT2D eigenvalue weighted by Crippen LogP contribution is -2.30. The second-order valence-electron chi connectivity index (χ2n) is 4.65. The predicted molar refractivity (Wildman–Crippen MR) is 84.2 cm³/mol. The van der Waals surface area contributed by atoms with Crippen molar-refractivity contribution in [1.82, 2.24) is 4.90 Å². The molecule has 1 aromatic rings. The molecule has 1 aliphatic rings. The van der Waals surface area contributed by atoms with E-state index in [-0.39, 0.29) is 23.8 Å². The predicted octanol–water partition coefficient (Wildman–Crippen LogP) is 1.27. The Morgan fingerprint density at radius 2 is 2.18 bits per heavy atom. The largest absolute Gasteiger partial charge is 0.478 e. The Balaban J connectivity index is 2.01. The number of nitrogens with zero attached hydrogens (tertiary/aromatic N) is 2. The summed E-state index contributed by atoms with van der Waals surface area (Å²) in [6.07, 6.45) is 0.00413. The van der Waals surface area contributed by atoms with Crippen LogP contribution in [-0.2, 0) is 9.59 Å². The maximum absolute atomic E-state index is 12.0. The van der Waals surface area contributed by atoms with Crippen molar-refractivity contribution >= 4 is 40.4 Å². The van der Waals surface area contributed by atoms with Gasteiger partial charge >= 0.3 is 5.97 Å². The number of carbonyl (C=O) groups excluding carboxylic acids is 2. The van der Waals surface area contributed by atoms with Gasteiger partial charge in [-0.25, -0.2) is 4.79 Å². The van der Waals surface area contributed by atoms with Crippen LogP contribution in [0, 0.1) is 0 Å². The highest BCUT2D eigenvalue weighted by Gasteiger charge is 2.36. The van der Waals surface area contributed by atoms with Gasteiger partial charge in [0.15, 0.2) is 5.17 Å². The maximum Gasteiger partial charge on any atom is 0.335 e. The average Bonchev–Trinajstić information content (AvgIpc) is 2.75. The van der Waals surface area contributed by atoms with Gasteiger partial charge in [0.05, 0.1) is 5.56 Å². The number of carbonyl (C=O) groups is 3. The number of carboxylic acid groups (broad SMARTS) is 1. The van der Waals surface area contributed by atoms with Crippen molar-refractivity contribution in [2.24, 2.45) is 4.99 Å². The van der Waals surface area contributed by atoms with Gasteiger partial charge in [0.25, 0.3) is 0 Å². The highest BCUT2D eigenvalue weighted by atomic mass is 32.2. The van der Waals surface area contributed by atoms with Gasteiger partial charge in [0.2, 0.25) is 11.8 Å². The zero-order chi connectivity index (χ0) is 16.3. The van der Waals surface area contributed by atoms with Crippen LogP contribution in [0.3, 0.4) is 0 Å². The van der Waals surface area contributed by atoms with E-state index >= 15 is 0 Å². The standard InChI is InChI=1S/C14H15N3O4S/c1-15-14-17(2)12(19)10(22-14)7-11(18)16-9-5-3-4-8(6-9)13(20)21/h3-6,10H,7H2,1-2H3,(H,16,18)(H,20,21)/t10-/m1/s1. The van der Waals surface area contributed by atoms with Crippen LogP contribution in [0.15, 0.2) is 29.3 Å². The smallest absolute Gasteiger partial charge is 0.335 e. The Morgan fingerprint density at radius 1 is 1.45 bits per heavy atom. The summed E-state index contributed by atoms with van der Waals surface area (Å²) in [6.45, 7) is 0. The number of carboxylic acids is 1. The van der Waals surface area contributed by atoms with E-state index < -0.39 is 11.2 Å². The minimum atomic E-state index is -1.07. The molecule has 0 aromatic heterocycles. The number of amidine groups is 1. The van der Waals surface area contributed by atoms with E-state index in [1.807, 2.05) is 0 Å². The summed E-state index contributed by atoms with van der Waals surface area (Å²) < 4.78 is 0. The number of anilines is 1. The van der Waals surface area contributed by atoms with E-state index in [0.29, 0.717) is 10.9 Å². The van der Waals surface area contributed by atoms with Gasteiger partial charge in [-0.1, -0.05) is 17.8 Å². The minimum Gasteiger partial charge on any atom is -0.478 e. The van der Waals surface area contributed by atoms with Gasteiger partial charge in [-0.2, -0.15) is 0 Å². The van der Waals surface area contributed by atoms with Gasteiger partial charge in [-0.05, 0) is 18.2 Å². The average molecular weight is 321 g/mol. The SMILES string of the molecule is CN=C1S[C@H](CC(=O)Nc2cccc(C(=O)O)c2)C(=O)N1C. The lowest BCUT2D eigenvalue weighted by atomic mass is 10.2. The maximum atomic E-state index is 12.0. The van der Waals surface area contributed by atoms with Crippen LogP contribution >= 0.6 is 11.8 Å². The van der Waals surface area contributed by atoms with Gasteiger partial charge in [0, 0.05) is 26.2 Å². The minimum absolute atomic E-state index is 0.00413. The molecule has 1 atom stereocenters. The van der Waals surface area contributed by atoms with Gasteiger partial charge in [-0.3, -0.25) is 19.5 Å². The molecule has 0 unspecified atom stereocenters. The van der Waals surface area contributed by atoms with Crippen molar-refractivity contribution in [2.45, 2.75) is 11.7 Å². The summed E-state index contributed by atoms with van der Waals surface area (Å²) in [6, 6.07) is 5.95. The molecule has 1 saturated heterocycles. The molecule has 0 aliphatic carbocycles. The summed E-state index contributed by atoms with van der Waals surface area (Å²) in [5.41, 5.74) is 0.474. The Hall–Kier alpha value is -2.35. The molecule has 2 rings (SSSR count). The molecule has 1 heterocycles. The first kappa shape index (κ1) is 16.0. The van der Waals surface area contributed by atoms with Crippen molar-refractivity contribution < 1.29 is 19.5 Å². The van der Waals surface area contributed by atoms with Crippen LogP contribution in [0.2, 0.25) is 0 Å². The monoisotopic (exact) mass is 321 g/mol. The number of hydrogen-bond acceptors (Lipinski definition) is 5. The van der Waals surface area contributed by atoms with Crippen LogP contribution in [0.1, 0.15) is 16.8 Å². The van der Waals surface area contributed by atoms with E-state index in [2.05, 4.69) is 10.3 Å². The van der Waals surface area contributed by atoms with E-state index in [4.69, 9.17) is 5.11 Å². The Labute approximate surface area is 131 Å². The quantitative estimate of drug-likeness (QED) is 0.870. The number of benzene rings is 1. The number of aromatic carboxylic acids is 1. The Bertz CT molecular complexity index is 659. The van der Waals surface area contributed by atoms with E-state index in [0.717, 1.165) is 0 Å². The van der Waals surface area contributed by atoms with Crippen molar-refractivity contribution in [3.8, 4) is 0 Å². The molecule has 0 saturated carbocycles. The summed E-state index contributed by atoms with van der Waals surface area (Å²) in [4.78, 5) is 40.3. The summed E-state index contributed by atoms with van der Waals surface area (Å²) >= 11 is 1.25. The molecule has 1 aromatic carbocycles. The van der Waals surface area contributed by atoms with Gasteiger partial charge in [0.1, 0.15) is 5.25 Å². The number of hydrogen-bond donors (Lipinski definition) is 2. The molecule has 0 spiro atoms. The zero-order valence-corrected chi connectivity index (χ0v) is 12.9. The number of amides is 2. The fourth-order valence-electron chi connectivity index (χ4n) is 2.01. The molecule has 22 heavy (non-hydrogen) atoms. The summed E-state index contributed by atoms with van der Waals surface area (Å²) in [7, 11) is 3.21. The van der Waals surface area contributed by atoms with Crippen LogP contribution in [0.5, 0.6) is 0 Å². The topological polar surface area (TPSA) is 99.1 Å². The molecule has 1 aliphatic heterocycles. The lowest BCUT2D eigenvalue weighted by molar-refractivity contribution is -0.127. The molecule has 2 N–H and O–H groups in total. The van der Waals surface area contributed by atoms with Crippen molar-refractivity contribution in [3.05, 3.63) is 29.8 Å². The second-order valence-corrected chi connectivity index (χ2v) is 5.82. The van der Waals surface area contributed by atoms with Crippen molar-refractivity contribution in [2.75, 3.05) is 19.4 Å². The molecule has 1 fully saturated rings. The van der Waals surface area contributed by atoms with Crippen LogP contribution in [0.4, 0.5) is 5.69 Å². The zero-order valence-electron chi connectivity index (χ0n) is 12.1. The Kier molecular flexibility index (Phi) is 4.81. The summed E-state index contributed by atoms with van der Waals surface area (Å²) in [5, 5.41) is 11.6. The number of aliphatic imine (C=N–C) groups is 1. The first-order valence-electron chi connectivity index (χ1n) is 6.46. The number of rotatable bonds is 4. The van der Waals surface area contributed by atoms with Crippen LogP contribution < -0.4 is 5.32 Å². The van der Waals surface area contributed by atoms with E-state index in [1.165, 1.54) is 28.8 Å². The number of thioether (sulfide) groups is 1. The first-order valence-corrected chi connectivity index (χ1v) is 7.34. The molecule has 8 heteroatoms. The van der Waals surface area contributed by atoms with Crippen LogP contribution in [0.25, 0.3) is 0 Å². The molecular weight excluding hydrogens is 306 g/mol. The van der Waals surface area contributed by atoms with Crippen LogP contribution in [-0.4, -0.2) is 52.3 Å². The van der Waals surface area contributed by atoms with Gasteiger partial charge in [-0.15, -0.1) is 0 Å². The van der Waals surface area contributed by atoms with Crippen molar-refractivity contribution in [3.63, 3.8) is 0 Å². The van der Waals surface area contributed by atoms with E-state index in [1.54, 1.807) is 26.2 Å². The molecular formula is C14H15N3O4S. The summed E-state index contributed by atoms with van der Waals surface area (Å²) in [5.74, 6) is -1.58. The highest BCUT2D eigenvalue weighted by Crippen LogP contribution is 2.28. The Morgan fingerprint density at radius 3 is 2.77 bits per heavy atom.